The van der Waals surface area contributed by atoms with Gasteiger partial charge in [-0.1, -0.05) is 54.6 Å². The van der Waals surface area contributed by atoms with E-state index in [4.69, 9.17) is 10.6 Å². The Labute approximate surface area is 129 Å². The molecule has 112 valence electrons. The fourth-order valence-electron chi connectivity index (χ4n) is 3.18. The van der Waals surface area contributed by atoms with Gasteiger partial charge in [-0.05, 0) is 23.1 Å². The molecule has 1 aliphatic carbocycles. The zero-order valence-electron chi connectivity index (χ0n) is 12.2. The van der Waals surface area contributed by atoms with Crippen molar-refractivity contribution < 1.29 is 9.63 Å². The Morgan fingerprint density at radius 2 is 1.77 bits per heavy atom. The van der Waals surface area contributed by atoms with E-state index in [9.17, 15) is 4.79 Å². The van der Waals surface area contributed by atoms with E-state index in [1.165, 1.54) is 5.06 Å². The number of nitrogens with two attached hydrogens (primary N) is 1. The van der Waals surface area contributed by atoms with E-state index in [1.807, 2.05) is 54.6 Å². The quantitative estimate of drug-likeness (QED) is 0.925. The molecule has 22 heavy (non-hydrogen) atoms. The Kier molecular flexibility index (Phi) is 3.03. The minimum absolute atomic E-state index is 0.0852. The van der Waals surface area contributed by atoms with Crippen LogP contribution >= 0.6 is 0 Å². The summed E-state index contributed by atoms with van der Waals surface area (Å²) in [6, 6.07) is 18.0. The standard InChI is InChI=1S/C18H18N2O2/c19-18(10-16(18)13-6-2-1-3-7-13)17(21)20-11-14-8-4-5-9-15(14)12-22-20/h1-9,16H,10-12,19H2. The fraction of sp³-hybridized carbons (Fsp3) is 0.278. The summed E-state index contributed by atoms with van der Waals surface area (Å²) in [5.74, 6) is -0.0298. The predicted octanol–water partition coefficient (Wildman–Crippen LogP) is 2.35. The maximum absolute atomic E-state index is 12.8. The van der Waals surface area contributed by atoms with Crippen LogP contribution < -0.4 is 5.73 Å². The zero-order valence-corrected chi connectivity index (χ0v) is 12.2. The summed E-state index contributed by atoms with van der Waals surface area (Å²) in [6.07, 6.45) is 0.678. The molecule has 0 aromatic heterocycles. The summed E-state index contributed by atoms with van der Waals surface area (Å²) in [6.45, 7) is 0.892. The van der Waals surface area contributed by atoms with E-state index in [-0.39, 0.29) is 11.8 Å². The number of hydroxylamine groups is 2. The number of fused-ring (bicyclic) bond motifs is 1. The van der Waals surface area contributed by atoms with Crippen LogP contribution in [0.3, 0.4) is 0 Å². The van der Waals surface area contributed by atoms with Crippen molar-refractivity contribution in [1.82, 2.24) is 5.06 Å². The van der Waals surface area contributed by atoms with Crippen LogP contribution in [-0.2, 0) is 22.8 Å². The molecule has 0 radical (unpaired) electrons. The molecule has 2 aromatic carbocycles. The molecule has 1 saturated carbocycles. The average Bonchev–Trinajstić information content (AvgIpc) is 3.28. The monoisotopic (exact) mass is 294 g/mol. The lowest BCUT2D eigenvalue weighted by atomic mass is 10.0. The normalized spacial score (nSPS) is 26.4. The summed E-state index contributed by atoms with van der Waals surface area (Å²) in [4.78, 5) is 18.4. The average molecular weight is 294 g/mol. The van der Waals surface area contributed by atoms with Gasteiger partial charge in [0, 0.05) is 5.92 Å². The highest BCUT2D eigenvalue weighted by atomic mass is 16.7. The van der Waals surface area contributed by atoms with E-state index in [0.717, 1.165) is 16.7 Å². The summed E-state index contributed by atoms with van der Waals surface area (Å²) >= 11 is 0. The first-order valence-electron chi connectivity index (χ1n) is 7.54. The fourth-order valence-corrected chi connectivity index (χ4v) is 3.18. The molecule has 2 unspecified atom stereocenters. The van der Waals surface area contributed by atoms with E-state index in [0.29, 0.717) is 19.6 Å². The minimum Gasteiger partial charge on any atom is -0.317 e. The van der Waals surface area contributed by atoms with E-state index < -0.39 is 5.54 Å². The van der Waals surface area contributed by atoms with Crippen LogP contribution in [0, 0.1) is 0 Å². The summed E-state index contributed by atoms with van der Waals surface area (Å²) in [5, 5.41) is 1.44. The minimum atomic E-state index is -0.826. The molecule has 2 aromatic rings. The molecule has 0 saturated heterocycles. The van der Waals surface area contributed by atoms with E-state index in [1.54, 1.807) is 0 Å². The summed E-state index contributed by atoms with van der Waals surface area (Å²) in [5.41, 5.74) is 8.90. The number of carbonyl (C=O) groups excluding carboxylic acids is 1. The van der Waals surface area contributed by atoms with Crippen LogP contribution in [0.5, 0.6) is 0 Å². The highest BCUT2D eigenvalue weighted by Crippen LogP contribution is 2.50. The second-order valence-corrected chi connectivity index (χ2v) is 6.09. The Morgan fingerprint density at radius 3 is 2.55 bits per heavy atom. The Hall–Kier alpha value is -2.17. The van der Waals surface area contributed by atoms with Crippen molar-refractivity contribution in [3.63, 3.8) is 0 Å². The Morgan fingerprint density at radius 1 is 1.09 bits per heavy atom. The first kappa shape index (κ1) is 13.5. The molecule has 1 amide bonds. The number of hydrogen-bond acceptors (Lipinski definition) is 3. The van der Waals surface area contributed by atoms with Crippen LogP contribution in [0.2, 0.25) is 0 Å². The van der Waals surface area contributed by atoms with Gasteiger partial charge in [-0.3, -0.25) is 9.63 Å². The number of benzene rings is 2. The number of amides is 1. The van der Waals surface area contributed by atoms with Crippen LogP contribution in [0.1, 0.15) is 29.0 Å². The van der Waals surface area contributed by atoms with Crippen molar-refractivity contribution in [3.05, 3.63) is 71.3 Å². The number of rotatable bonds is 2. The zero-order chi connectivity index (χ0) is 15.2. The summed E-state index contributed by atoms with van der Waals surface area (Å²) in [7, 11) is 0. The van der Waals surface area contributed by atoms with Crippen molar-refractivity contribution in [2.45, 2.75) is 31.0 Å². The van der Waals surface area contributed by atoms with Gasteiger partial charge in [0.2, 0.25) is 0 Å². The predicted molar refractivity (Wildman–Crippen MR) is 82.5 cm³/mol. The second kappa shape index (κ2) is 4.93. The SMILES string of the molecule is NC1(C(=O)N2Cc3ccccc3CO2)CC1c1ccccc1. The molecule has 2 atom stereocenters. The van der Waals surface area contributed by atoms with Crippen molar-refractivity contribution in [2.75, 3.05) is 0 Å². The van der Waals surface area contributed by atoms with Gasteiger partial charge in [0.1, 0.15) is 12.1 Å². The third-order valence-electron chi connectivity index (χ3n) is 4.64. The van der Waals surface area contributed by atoms with Crippen LogP contribution in [0.4, 0.5) is 0 Å². The molecule has 4 nitrogen and oxygen atoms in total. The van der Waals surface area contributed by atoms with Gasteiger partial charge in [-0.25, -0.2) is 5.06 Å². The largest absolute Gasteiger partial charge is 0.317 e. The molecule has 0 bridgehead atoms. The van der Waals surface area contributed by atoms with Gasteiger partial charge in [0.15, 0.2) is 0 Å². The highest BCUT2D eigenvalue weighted by molar-refractivity contribution is 5.90. The number of carbonyl (C=O) groups is 1. The lowest BCUT2D eigenvalue weighted by molar-refractivity contribution is -0.203. The second-order valence-electron chi connectivity index (χ2n) is 6.09. The van der Waals surface area contributed by atoms with Crippen LogP contribution in [-0.4, -0.2) is 16.5 Å². The van der Waals surface area contributed by atoms with Crippen molar-refractivity contribution in [2.24, 2.45) is 5.73 Å². The lowest BCUT2D eigenvalue weighted by Crippen LogP contribution is -2.47. The van der Waals surface area contributed by atoms with Crippen molar-refractivity contribution >= 4 is 5.91 Å². The molecule has 2 N–H and O–H groups in total. The van der Waals surface area contributed by atoms with Gasteiger partial charge < -0.3 is 5.73 Å². The van der Waals surface area contributed by atoms with Crippen molar-refractivity contribution in [1.29, 1.82) is 0 Å². The molecule has 2 aliphatic rings. The third-order valence-corrected chi connectivity index (χ3v) is 4.64. The third kappa shape index (κ3) is 2.12. The molecule has 1 fully saturated rings. The topological polar surface area (TPSA) is 55.6 Å². The molecule has 4 heteroatoms. The molecular formula is C18H18N2O2. The molecule has 1 aliphatic heterocycles. The number of nitrogens with zero attached hydrogens (tertiary/aromatic N) is 1. The maximum atomic E-state index is 12.8. The van der Waals surface area contributed by atoms with Gasteiger partial charge in [-0.2, -0.15) is 0 Å². The molecule has 4 rings (SSSR count). The molecule has 1 heterocycles. The first-order chi connectivity index (χ1) is 10.7. The first-order valence-corrected chi connectivity index (χ1v) is 7.54. The van der Waals surface area contributed by atoms with E-state index >= 15 is 0 Å². The highest BCUT2D eigenvalue weighted by Gasteiger charge is 2.59. The van der Waals surface area contributed by atoms with Gasteiger partial charge >= 0.3 is 0 Å². The van der Waals surface area contributed by atoms with Crippen LogP contribution in [0.25, 0.3) is 0 Å². The van der Waals surface area contributed by atoms with Gasteiger partial charge in [0.25, 0.3) is 5.91 Å². The molecule has 0 spiro atoms. The Balaban J connectivity index is 1.52. The summed E-state index contributed by atoms with van der Waals surface area (Å²) < 4.78 is 0. The lowest BCUT2D eigenvalue weighted by Gasteiger charge is -2.30. The smallest absolute Gasteiger partial charge is 0.267 e. The van der Waals surface area contributed by atoms with Gasteiger partial charge in [0.05, 0.1) is 6.54 Å². The maximum Gasteiger partial charge on any atom is 0.267 e. The van der Waals surface area contributed by atoms with E-state index in [2.05, 4.69) is 0 Å². The number of hydrogen-bond donors (Lipinski definition) is 1. The van der Waals surface area contributed by atoms with Crippen LogP contribution in [0.15, 0.2) is 54.6 Å². The Bertz CT molecular complexity index is 716. The van der Waals surface area contributed by atoms with Crippen molar-refractivity contribution in [3.8, 4) is 0 Å². The molecular weight excluding hydrogens is 276 g/mol. The van der Waals surface area contributed by atoms with Gasteiger partial charge in [-0.15, -0.1) is 0 Å².